The molecule has 1 aromatic carbocycles. The lowest BCUT2D eigenvalue weighted by atomic mass is 10.1. The van der Waals surface area contributed by atoms with Gasteiger partial charge in [0.25, 0.3) is 5.09 Å². The predicted molar refractivity (Wildman–Crippen MR) is 68.8 cm³/mol. The zero-order chi connectivity index (χ0) is 15.7. The Labute approximate surface area is 124 Å². The molecule has 1 N–H and O–H groups in total. The van der Waals surface area contributed by atoms with Gasteiger partial charge in [-0.25, -0.2) is 4.79 Å². The number of hydrogen-bond acceptors (Lipinski definition) is 8. The first-order chi connectivity index (χ1) is 10.5. The van der Waals surface area contributed by atoms with Crippen molar-refractivity contribution in [3.63, 3.8) is 0 Å². The van der Waals surface area contributed by atoms with Gasteiger partial charge in [0.15, 0.2) is 6.10 Å². The molecule has 0 unspecified atom stereocenters. The van der Waals surface area contributed by atoms with E-state index in [-0.39, 0.29) is 24.5 Å². The van der Waals surface area contributed by atoms with E-state index in [0.29, 0.717) is 0 Å². The van der Waals surface area contributed by atoms with Crippen LogP contribution in [0.5, 0.6) is 5.75 Å². The second kappa shape index (κ2) is 5.87. The Morgan fingerprint density at radius 3 is 2.86 bits per heavy atom. The Hall–Kier alpha value is -2.23. The van der Waals surface area contributed by atoms with E-state index in [0.717, 1.165) is 0 Å². The van der Waals surface area contributed by atoms with Gasteiger partial charge in [0.05, 0.1) is 18.8 Å². The van der Waals surface area contributed by atoms with E-state index in [4.69, 9.17) is 14.2 Å². The highest BCUT2D eigenvalue weighted by atomic mass is 17.0. The van der Waals surface area contributed by atoms with Crippen LogP contribution in [0.1, 0.15) is 10.4 Å². The summed E-state index contributed by atoms with van der Waals surface area (Å²) in [5.74, 6) is -0.749. The largest absolute Gasteiger partial charge is 0.453 e. The van der Waals surface area contributed by atoms with Crippen LogP contribution in [0.4, 0.5) is 0 Å². The first kappa shape index (κ1) is 14.7. The third kappa shape index (κ3) is 2.86. The molecule has 2 aliphatic heterocycles. The lowest BCUT2D eigenvalue weighted by Crippen LogP contribution is -2.34. The van der Waals surface area contributed by atoms with Crippen LogP contribution in [-0.2, 0) is 14.2 Å². The van der Waals surface area contributed by atoms with Gasteiger partial charge < -0.3 is 19.3 Å². The van der Waals surface area contributed by atoms with E-state index in [1.54, 1.807) is 0 Å². The maximum absolute atomic E-state index is 12.1. The number of aliphatic hydroxyl groups is 1. The minimum absolute atomic E-state index is 0.0764. The van der Waals surface area contributed by atoms with Crippen LogP contribution in [-0.4, -0.2) is 53.8 Å². The SMILES string of the molecule is O=C(O[C@H]1CO[C@H]2[C@@H]1OC[C@H]2O)c1cccc(O[N+](=O)[O-])c1. The number of nitrogens with zero attached hydrogens (tertiary/aromatic N) is 1. The molecule has 0 radical (unpaired) electrons. The number of carbonyl (C=O) groups excluding carboxylic acids is 1. The lowest BCUT2D eigenvalue weighted by molar-refractivity contribution is -0.711. The van der Waals surface area contributed by atoms with E-state index >= 15 is 0 Å². The summed E-state index contributed by atoms with van der Waals surface area (Å²) in [4.78, 5) is 26.7. The molecular weight excluding hydrogens is 298 g/mol. The van der Waals surface area contributed by atoms with Crippen LogP contribution in [0.3, 0.4) is 0 Å². The van der Waals surface area contributed by atoms with Crippen molar-refractivity contribution in [2.75, 3.05) is 13.2 Å². The number of carbonyl (C=O) groups is 1. The van der Waals surface area contributed by atoms with E-state index in [1.165, 1.54) is 24.3 Å². The minimum Gasteiger partial charge on any atom is -0.453 e. The summed E-state index contributed by atoms with van der Waals surface area (Å²) in [5, 5.41) is 18.9. The van der Waals surface area contributed by atoms with E-state index < -0.39 is 35.5 Å². The summed E-state index contributed by atoms with van der Waals surface area (Å²) >= 11 is 0. The normalized spacial score (nSPS) is 29.9. The monoisotopic (exact) mass is 311 g/mol. The standard InChI is InChI=1S/C13H13NO8/c15-9-5-19-12-10(6-20-11(9)12)21-13(16)7-2-1-3-8(4-7)22-14(17)18/h1-4,9-12,15H,5-6H2/t9-,10+,11-,12-/m1/s1. The molecule has 4 atom stereocenters. The highest BCUT2D eigenvalue weighted by Gasteiger charge is 2.48. The molecule has 0 aromatic heterocycles. The van der Waals surface area contributed by atoms with Crippen molar-refractivity contribution in [2.45, 2.75) is 24.4 Å². The third-order valence-corrected chi connectivity index (χ3v) is 3.49. The second-order valence-corrected chi connectivity index (χ2v) is 4.95. The lowest BCUT2D eigenvalue weighted by Gasteiger charge is -2.16. The molecule has 9 nitrogen and oxygen atoms in total. The Morgan fingerprint density at radius 1 is 1.32 bits per heavy atom. The van der Waals surface area contributed by atoms with Crippen LogP contribution in [0.25, 0.3) is 0 Å². The average Bonchev–Trinajstić information content (AvgIpc) is 3.03. The van der Waals surface area contributed by atoms with Crippen LogP contribution in [0.2, 0.25) is 0 Å². The van der Waals surface area contributed by atoms with E-state index in [1.807, 2.05) is 0 Å². The number of rotatable bonds is 4. The molecule has 118 valence electrons. The quantitative estimate of drug-likeness (QED) is 0.467. The molecule has 0 amide bonds. The van der Waals surface area contributed by atoms with Gasteiger partial charge in [-0.15, -0.1) is 10.1 Å². The predicted octanol–water partition coefficient (Wildman–Crippen LogP) is -0.0590. The van der Waals surface area contributed by atoms with Gasteiger partial charge in [-0.05, 0) is 18.2 Å². The van der Waals surface area contributed by atoms with Gasteiger partial charge in [0.2, 0.25) is 0 Å². The molecule has 2 aliphatic rings. The molecule has 1 aromatic rings. The fourth-order valence-corrected chi connectivity index (χ4v) is 2.52. The summed E-state index contributed by atoms with van der Waals surface area (Å²) in [6, 6.07) is 5.46. The second-order valence-electron chi connectivity index (χ2n) is 4.95. The van der Waals surface area contributed by atoms with Crippen molar-refractivity contribution in [1.29, 1.82) is 0 Å². The summed E-state index contributed by atoms with van der Waals surface area (Å²) < 4.78 is 16.0. The number of fused-ring (bicyclic) bond motifs is 1. The Morgan fingerprint density at radius 2 is 2.09 bits per heavy atom. The van der Waals surface area contributed by atoms with Crippen LogP contribution in [0.15, 0.2) is 24.3 Å². The number of benzene rings is 1. The van der Waals surface area contributed by atoms with Crippen molar-refractivity contribution in [3.05, 3.63) is 39.9 Å². The molecule has 2 heterocycles. The van der Waals surface area contributed by atoms with Gasteiger partial charge in [-0.2, -0.15) is 0 Å². The Kier molecular flexibility index (Phi) is 3.92. The van der Waals surface area contributed by atoms with Crippen molar-refractivity contribution >= 4 is 5.97 Å². The van der Waals surface area contributed by atoms with E-state index in [2.05, 4.69) is 4.84 Å². The first-order valence-corrected chi connectivity index (χ1v) is 6.59. The molecule has 0 spiro atoms. The van der Waals surface area contributed by atoms with Crippen molar-refractivity contribution < 1.29 is 34.0 Å². The van der Waals surface area contributed by atoms with Crippen LogP contribution >= 0.6 is 0 Å². The Balaban J connectivity index is 1.66. The van der Waals surface area contributed by atoms with Crippen molar-refractivity contribution in [2.24, 2.45) is 0 Å². The van der Waals surface area contributed by atoms with Gasteiger partial charge in [-0.1, -0.05) is 6.07 Å². The van der Waals surface area contributed by atoms with Crippen molar-refractivity contribution in [3.8, 4) is 5.75 Å². The first-order valence-electron chi connectivity index (χ1n) is 6.59. The van der Waals surface area contributed by atoms with Crippen LogP contribution in [0, 0.1) is 10.1 Å². The maximum Gasteiger partial charge on any atom is 0.338 e. The molecular formula is C13H13NO8. The molecule has 0 bridgehead atoms. The van der Waals surface area contributed by atoms with Gasteiger partial charge in [0, 0.05) is 0 Å². The number of aliphatic hydroxyl groups excluding tert-OH is 1. The highest BCUT2D eigenvalue weighted by Crippen LogP contribution is 2.29. The average molecular weight is 311 g/mol. The molecule has 0 aliphatic carbocycles. The summed E-state index contributed by atoms with van der Waals surface area (Å²) in [5.41, 5.74) is 0.112. The summed E-state index contributed by atoms with van der Waals surface area (Å²) in [7, 11) is 0. The molecule has 9 heteroatoms. The third-order valence-electron chi connectivity index (χ3n) is 3.49. The molecule has 3 rings (SSSR count). The number of esters is 1. The fraction of sp³-hybridized carbons (Fsp3) is 0.462. The molecule has 2 fully saturated rings. The topological polar surface area (TPSA) is 117 Å². The molecule has 0 saturated carbocycles. The smallest absolute Gasteiger partial charge is 0.338 e. The minimum atomic E-state index is -0.965. The zero-order valence-corrected chi connectivity index (χ0v) is 11.3. The number of hydrogen-bond donors (Lipinski definition) is 1. The van der Waals surface area contributed by atoms with Crippen LogP contribution < -0.4 is 4.84 Å². The van der Waals surface area contributed by atoms with Gasteiger partial charge in [0.1, 0.15) is 24.1 Å². The van der Waals surface area contributed by atoms with E-state index in [9.17, 15) is 20.0 Å². The number of ether oxygens (including phenoxy) is 3. The summed E-state index contributed by atoms with van der Waals surface area (Å²) in [6.07, 6.45) is -2.36. The van der Waals surface area contributed by atoms with Gasteiger partial charge >= 0.3 is 5.97 Å². The molecule has 2 saturated heterocycles. The summed E-state index contributed by atoms with van der Waals surface area (Å²) in [6.45, 7) is 0.263. The highest BCUT2D eigenvalue weighted by molar-refractivity contribution is 5.90. The maximum atomic E-state index is 12.1. The van der Waals surface area contributed by atoms with Crippen molar-refractivity contribution in [1.82, 2.24) is 0 Å². The Bertz CT molecular complexity index is 591. The molecule has 22 heavy (non-hydrogen) atoms. The zero-order valence-electron chi connectivity index (χ0n) is 11.3. The fourth-order valence-electron chi connectivity index (χ4n) is 2.52. The van der Waals surface area contributed by atoms with Gasteiger partial charge in [-0.3, -0.25) is 4.84 Å².